The van der Waals surface area contributed by atoms with Gasteiger partial charge in [0.15, 0.2) is 5.82 Å². The van der Waals surface area contributed by atoms with Gasteiger partial charge in [0.2, 0.25) is 0 Å². The fourth-order valence-corrected chi connectivity index (χ4v) is 9.46. The highest BCUT2D eigenvalue weighted by Gasteiger charge is 2.46. The summed E-state index contributed by atoms with van der Waals surface area (Å²) in [4.78, 5) is 10.7. The maximum Gasteiger partial charge on any atom is 0.161 e. The van der Waals surface area contributed by atoms with Crippen LogP contribution in [0.2, 0.25) is 0 Å². The highest BCUT2D eigenvalue weighted by atomic mass is 14.9. The minimum atomic E-state index is -0.572. The molecule has 0 bridgehead atoms. The maximum absolute atomic E-state index is 10.2. The Morgan fingerprint density at radius 2 is 0.714 bits per heavy atom. The molecule has 10 aromatic rings. The summed E-state index contributed by atoms with van der Waals surface area (Å²) in [6.45, 7) is 0. The van der Waals surface area contributed by atoms with E-state index < -0.39 is 5.41 Å². The lowest BCUT2D eigenvalue weighted by Gasteiger charge is -2.34. The van der Waals surface area contributed by atoms with Crippen LogP contribution in [-0.2, 0) is 5.41 Å². The van der Waals surface area contributed by atoms with Gasteiger partial charge in [-0.15, -0.1) is 0 Å². The molecule has 294 valence electrons. The molecule has 3 nitrogen and oxygen atoms in total. The average Bonchev–Trinajstić information content (AvgIpc) is 3.67. The van der Waals surface area contributed by atoms with Crippen molar-refractivity contribution >= 4 is 0 Å². The fraction of sp³-hybridized carbons (Fsp3) is 0.0167. The van der Waals surface area contributed by atoms with E-state index in [0.717, 1.165) is 67.0 Å². The minimum absolute atomic E-state index is 0.572. The van der Waals surface area contributed by atoms with Crippen LogP contribution in [0, 0.1) is 11.3 Å². The number of nitriles is 1. The summed E-state index contributed by atoms with van der Waals surface area (Å²) in [5.74, 6) is 0.646. The van der Waals surface area contributed by atoms with E-state index in [0.29, 0.717) is 11.4 Å². The second-order valence-corrected chi connectivity index (χ2v) is 16.0. The largest absolute Gasteiger partial charge is 0.228 e. The molecule has 0 fully saturated rings. The molecule has 0 spiro atoms. The van der Waals surface area contributed by atoms with Gasteiger partial charge < -0.3 is 0 Å². The number of aromatic nitrogens is 2. The molecule has 0 N–H and O–H groups in total. The van der Waals surface area contributed by atoms with Crippen LogP contribution >= 0.6 is 0 Å². The van der Waals surface area contributed by atoms with Crippen molar-refractivity contribution in [2.45, 2.75) is 5.41 Å². The third kappa shape index (κ3) is 6.63. The van der Waals surface area contributed by atoms with Gasteiger partial charge in [-0.05, 0) is 91.0 Å². The Kier molecular flexibility index (Phi) is 9.45. The zero-order chi connectivity index (χ0) is 42.2. The molecule has 0 saturated carbocycles. The number of fused-ring (bicyclic) bond motifs is 3. The van der Waals surface area contributed by atoms with Crippen LogP contribution in [0.25, 0.3) is 78.4 Å². The minimum Gasteiger partial charge on any atom is -0.228 e. The molecular formula is C60H39N3. The van der Waals surface area contributed by atoms with Gasteiger partial charge in [0, 0.05) is 16.7 Å². The first kappa shape index (κ1) is 37.5. The predicted molar refractivity (Wildman–Crippen MR) is 257 cm³/mol. The average molecular weight is 802 g/mol. The second kappa shape index (κ2) is 15.9. The second-order valence-electron chi connectivity index (χ2n) is 16.0. The normalized spacial score (nSPS) is 12.2. The van der Waals surface area contributed by atoms with Crippen LogP contribution in [0.15, 0.2) is 237 Å². The van der Waals surface area contributed by atoms with E-state index in [9.17, 15) is 5.26 Å². The van der Waals surface area contributed by atoms with Crippen molar-refractivity contribution in [2.24, 2.45) is 0 Å². The van der Waals surface area contributed by atoms with Gasteiger partial charge in [0.25, 0.3) is 0 Å². The van der Waals surface area contributed by atoms with Gasteiger partial charge in [-0.25, -0.2) is 9.97 Å². The first-order valence-electron chi connectivity index (χ1n) is 21.3. The lowest BCUT2D eigenvalue weighted by molar-refractivity contribution is 0.768. The molecule has 0 saturated heterocycles. The lowest BCUT2D eigenvalue weighted by atomic mass is 9.67. The molecule has 0 unspecified atom stereocenters. The van der Waals surface area contributed by atoms with Gasteiger partial charge in [-0.2, -0.15) is 5.26 Å². The molecule has 1 aliphatic rings. The highest BCUT2D eigenvalue weighted by Crippen LogP contribution is 2.57. The van der Waals surface area contributed by atoms with E-state index in [-0.39, 0.29) is 0 Å². The zero-order valence-electron chi connectivity index (χ0n) is 34.4. The van der Waals surface area contributed by atoms with E-state index in [2.05, 4.69) is 224 Å². The molecule has 11 rings (SSSR count). The Bertz CT molecular complexity index is 3160. The summed E-state index contributed by atoms with van der Waals surface area (Å²) in [6.07, 6.45) is 0. The Labute approximate surface area is 368 Å². The first-order chi connectivity index (χ1) is 31.2. The third-order valence-electron chi connectivity index (χ3n) is 12.5. The number of rotatable bonds is 8. The molecule has 0 aliphatic heterocycles. The van der Waals surface area contributed by atoms with Crippen molar-refractivity contribution in [3.63, 3.8) is 0 Å². The summed E-state index contributed by atoms with van der Waals surface area (Å²) in [7, 11) is 0. The van der Waals surface area contributed by atoms with E-state index in [1.54, 1.807) is 0 Å². The molecule has 1 aliphatic carbocycles. The monoisotopic (exact) mass is 801 g/mol. The predicted octanol–water partition coefficient (Wildman–Crippen LogP) is 14.7. The lowest BCUT2D eigenvalue weighted by Crippen LogP contribution is -2.28. The van der Waals surface area contributed by atoms with Crippen LogP contribution in [-0.4, -0.2) is 9.97 Å². The van der Waals surface area contributed by atoms with Crippen molar-refractivity contribution in [3.8, 4) is 84.5 Å². The molecule has 1 aromatic heterocycles. The number of benzene rings is 9. The summed E-state index contributed by atoms with van der Waals surface area (Å²) >= 11 is 0. The van der Waals surface area contributed by atoms with Crippen molar-refractivity contribution in [1.29, 1.82) is 5.26 Å². The van der Waals surface area contributed by atoms with Crippen LogP contribution < -0.4 is 0 Å². The SMILES string of the molecule is N#Cc1ccc2c(c1)-c1cc(-c3ccccc3-c3nc(-c4ccc(-c5ccccc5)cc4)cc(-c4ccc(-c5ccccc5)cc4)n3)ccc1C2(c1ccccc1)c1ccccc1. The van der Waals surface area contributed by atoms with Crippen molar-refractivity contribution < 1.29 is 0 Å². The van der Waals surface area contributed by atoms with Crippen LogP contribution in [0.4, 0.5) is 0 Å². The Morgan fingerprint density at radius 1 is 0.317 bits per heavy atom. The topological polar surface area (TPSA) is 49.6 Å². The molecule has 63 heavy (non-hydrogen) atoms. The van der Waals surface area contributed by atoms with Gasteiger partial charge in [0.05, 0.1) is 28.4 Å². The summed E-state index contributed by atoms with van der Waals surface area (Å²) in [5, 5.41) is 10.2. The van der Waals surface area contributed by atoms with E-state index in [1.807, 2.05) is 18.2 Å². The van der Waals surface area contributed by atoms with Gasteiger partial charge in [-0.3, -0.25) is 0 Å². The Hall–Kier alpha value is -8.45. The summed E-state index contributed by atoms with van der Waals surface area (Å²) in [6, 6.07) is 85.6. The zero-order valence-corrected chi connectivity index (χ0v) is 34.4. The van der Waals surface area contributed by atoms with Gasteiger partial charge in [0.1, 0.15) is 0 Å². The number of hydrogen-bond acceptors (Lipinski definition) is 3. The molecule has 9 aromatic carbocycles. The van der Waals surface area contributed by atoms with E-state index in [1.165, 1.54) is 27.8 Å². The van der Waals surface area contributed by atoms with E-state index in [4.69, 9.17) is 9.97 Å². The van der Waals surface area contributed by atoms with Crippen LogP contribution in [0.1, 0.15) is 27.8 Å². The number of hydrogen-bond donors (Lipinski definition) is 0. The summed E-state index contributed by atoms with van der Waals surface area (Å²) in [5.41, 5.74) is 18.3. The molecular weight excluding hydrogens is 763 g/mol. The molecule has 0 amide bonds. The van der Waals surface area contributed by atoms with Gasteiger partial charge in [-0.1, -0.05) is 212 Å². The first-order valence-corrected chi connectivity index (χ1v) is 21.3. The van der Waals surface area contributed by atoms with Crippen molar-refractivity contribution in [2.75, 3.05) is 0 Å². The van der Waals surface area contributed by atoms with Crippen molar-refractivity contribution in [3.05, 3.63) is 264 Å². The maximum atomic E-state index is 10.2. The van der Waals surface area contributed by atoms with E-state index >= 15 is 0 Å². The standard InChI is InChI=1S/C60H39N3/c61-40-41-25-35-55-53(37-41)54-38-48(34-36-56(54)60(55,49-19-9-3-10-20-49)50-21-11-4-12-22-50)51-23-13-14-24-52(51)59-62-57(46-30-26-44(27-31-46)42-15-5-1-6-16-42)39-58(63-59)47-32-28-45(29-33-47)43-17-7-2-8-18-43/h1-39H. The Morgan fingerprint density at radius 3 is 1.22 bits per heavy atom. The molecule has 1 heterocycles. The molecule has 3 heteroatoms. The highest BCUT2D eigenvalue weighted by molar-refractivity contribution is 5.92. The summed E-state index contributed by atoms with van der Waals surface area (Å²) < 4.78 is 0. The smallest absolute Gasteiger partial charge is 0.161 e. The van der Waals surface area contributed by atoms with Crippen LogP contribution in [0.3, 0.4) is 0 Å². The molecule has 0 radical (unpaired) electrons. The van der Waals surface area contributed by atoms with Gasteiger partial charge >= 0.3 is 0 Å². The third-order valence-corrected chi connectivity index (χ3v) is 12.5. The molecule has 0 atom stereocenters. The quantitative estimate of drug-likeness (QED) is 0.154. The fourth-order valence-electron chi connectivity index (χ4n) is 9.46. The number of nitrogens with zero attached hydrogens (tertiary/aromatic N) is 3. The van der Waals surface area contributed by atoms with Crippen LogP contribution in [0.5, 0.6) is 0 Å². The van der Waals surface area contributed by atoms with Crippen molar-refractivity contribution in [1.82, 2.24) is 9.97 Å². The Balaban J connectivity index is 1.08.